The Kier molecular flexibility index (Phi) is 5.57. The van der Waals surface area contributed by atoms with Crippen LogP contribution >= 0.6 is 0 Å². The molecule has 1 aromatic carbocycles. The van der Waals surface area contributed by atoms with Crippen LogP contribution in [0.3, 0.4) is 0 Å². The maximum atomic E-state index is 13.4. The quantitative estimate of drug-likeness (QED) is 0.835. The number of likely N-dealkylation sites (N-methyl/N-ethyl adjacent to an activating group) is 1. The third kappa shape index (κ3) is 4.58. The molecule has 1 rings (SSSR count). The summed E-state index contributed by atoms with van der Waals surface area (Å²) in [5.41, 5.74) is -0.242. The minimum Gasteiger partial charge on any atom is -0.481 e. The van der Waals surface area contributed by atoms with Crippen molar-refractivity contribution in [2.45, 2.75) is 19.4 Å². The van der Waals surface area contributed by atoms with Gasteiger partial charge in [-0.25, -0.2) is 8.78 Å². The van der Waals surface area contributed by atoms with Crippen molar-refractivity contribution in [1.82, 2.24) is 4.90 Å². The molecular weight excluding hydrogens is 270 g/mol. The first kappa shape index (κ1) is 16.0. The van der Waals surface area contributed by atoms with Crippen LogP contribution in [0.25, 0.3) is 0 Å². The number of carbonyl (C=O) groups excluding carboxylic acids is 1. The Hall–Kier alpha value is -2.02. The zero-order valence-corrected chi connectivity index (χ0v) is 11.2. The van der Waals surface area contributed by atoms with Gasteiger partial charge in [-0.1, -0.05) is 0 Å². The van der Waals surface area contributed by atoms with E-state index in [9.17, 15) is 18.4 Å². The number of rotatable bonds is 6. The molecule has 0 saturated carbocycles. The number of nitrogens with one attached hydrogen (secondary N) is 1. The second kappa shape index (κ2) is 6.95. The summed E-state index contributed by atoms with van der Waals surface area (Å²) in [4.78, 5) is 23.8. The Bertz CT molecular complexity index is 508. The number of hydrogen-bond acceptors (Lipinski definition) is 3. The van der Waals surface area contributed by atoms with Crippen LogP contribution in [-0.4, -0.2) is 41.5 Å². The maximum Gasteiger partial charge on any atom is 0.304 e. The minimum atomic E-state index is -0.972. The van der Waals surface area contributed by atoms with Gasteiger partial charge in [-0.05, 0) is 26.1 Å². The molecule has 2 N–H and O–H groups in total. The number of carbonyl (C=O) groups is 2. The van der Waals surface area contributed by atoms with E-state index < -0.39 is 29.6 Å². The molecule has 5 nitrogen and oxygen atoms in total. The van der Waals surface area contributed by atoms with Crippen molar-refractivity contribution in [3.63, 3.8) is 0 Å². The molecule has 0 radical (unpaired) electrons. The third-order valence-electron chi connectivity index (χ3n) is 2.91. The van der Waals surface area contributed by atoms with E-state index in [0.717, 1.165) is 18.2 Å². The van der Waals surface area contributed by atoms with Gasteiger partial charge in [0.05, 0.1) is 18.2 Å². The van der Waals surface area contributed by atoms with Gasteiger partial charge in [-0.2, -0.15) is 0 Å². The van der Waals surface area contributed by atoms with Crippen molar-refractivity contribution in [3.05, 3.63) is 29.8 Å². The normalized spacial score (nSPS) is 12.2. The summed E-state index contributed by atoms with van der Waals surface area (Å²) in [6.07, 6.45) is -0.109. The number of nitrogens with zero attached hydrogens (tertiary/aromatic N) is 1. The fourth-order valence-electron chi connectivity index (χ4n) is 1.50. The van der Waals surface area contributed by atoms with E-state index in [0.29, 0.717) is 0 Å². The van der Waals surface area contributed by atoms with Crippen LogP contribution in [0.15, 0.2) is 18.2 Å². The van der Waals surface area contributed by atoms with E-state index in [-0.39, 0.29) is 18.7 Å². The minimum absolute atomic E-state index is 0.109. The topological polar surface area (TPSA) is 69.6 Å². The molecule has 0 fully saturated rings. The average molecular weight is 286 g/mol. The van der Waals surface area contributed by atoms with Gasteiger partial charge in [0, 0.05) is 12.6 Å². The molecular formula is C13H16F2N2O3. The number of amides is 1. The van der Waals surface area contributed by atoms with Crippen LogP contribution in [0, 0.1) is 11.6 Å². The second-order valence-electron chi connectivity index (χ2n) is 4.41. The number of carboxylic acids is 1. The van der Waals surface area contributed by atoms with Crippen LogP contribution in [0.1, 0.15) is 13.3 Å². The Morgan fingerprint density at radius 3 is 2.65 bits per heavy atom. The van der Waals surface area contributed by atoms with Crippen LogP contribution in [0.5, 0.6) is 0 Å². The number of carboxylic acid groups (broad SMARTS) is 1. The fourth-order valence-corrected chi connectivity index (χ4v) is 1.50. The summed E-state index contributed by atoms with van der Waals surface area (Å²) in [5.74, 6) is -2.91. The molecule has 1 amide bonds. The molecule has 0 bridgehead atoms. The van der Waals surface area contributed by atoms with Crippen molar-refractivity contribution in [1.29, 1.82) is 0 Å². The lowest BCUT2D eigenvalue weighted by Gasteiger charge is -2.23. The SMILES string of the molecule is CC(C(=O)Nc1cc(F)ccc1F)N(C)CCC(=O)O. The van der Waals surface area contributed by atoms with E-state index in [1.165, 1.54) is 4.90 Å². The van der Waals surface area contributed by atoms with Crippen LogP contribution in [0.4, 0.5) is 14.5 Å². The van der Waals surface area contributed by atoms with E-state index in [2.05, 4.69) is 5.32 Å². The van der Waals surface area contributed by atoms with Crippen LogP contribution in [0.2, 0.25) is 0 Å². The van der Waals surface area contributed by atoms with Crippen molar-refractivity contribution in [3.8, 4) is 0 Å². The van der Waals surface area contributed by atoms with Gasteiger partial charge in [0.15, 0.2) is 0 Å². The van der Waals surface area contributed by atoms with Crippen molar-refractivity contribution in [2.24, 2.45) is 0 Å². The highest BCUT2D eigenvalue weighted by molar-refractivity contribution is 5.94. The van der Waals surface area contributed by atoms with E-state index in [1.807, 2.05) is 0 Å². The number of anilines is 1. The molecule has 1 unspecified atom stereocenters. The van der Waals surface area contributed by atoms with E-state index in [1.54, 1.807) is 14.0 Å². The Morgan fingerprint density at radius 1 is 1.40 bits per heavy atom. The highest BCUT2D eigenvalue weighted by atomic mass is 19.1. The highest BCUT2D eigenvalue weighted by Gasteiger charge is 2.19. The molecule has 0 heterocycles. The Balaban J connectivity index is 2.65. The molecule has 0 saturated heterocycles. The van der Waals surface area contributed by atoms with Crippen molar-refractivity contribution in [2.75, 3.05) is 18.9 Å². The van der Waals surface area contributed by atoms with Gasteiger partial charge >= 0.3 is 5.97 Å². The second-order valence-corrected chi connectivity index (χ2v) is 4.41. The van der Waals surface area contributed by atoms with Gasteiger partial charge in [0.1, 0.15) is 11.6 Å². The molecule has 0 aliphatic heterocycles. The summed E-state index contributed by atoms with van der Waals surface area (Å²) >= 11 is 0. The lowest BCUT2D eigenvalue weighted by Crippen LogP contribution is -2.40. The van der Waals surface area contributed by atoms with Gasteiger partial charge < -0.3 is 10.4 Å². The summed E-state index contributed by atoms with van der Waals surface area (Å²) in [6.45, 7) is 1.73. The molecule has 0 aliphatic carbocycles. The molecule has 1 atom stereocenters. The smallest absolute Gasteiger partial charge is 0.304 e. The predicted octanol–water partition coefficient (Wildman–Crippen LogP) is 1.70. The summed E-state index contributed by atoms with van der Waals surface area (Å²) in [5, 5.41) is 10.8. The summed E-state index contributed by atoms with van der Waals surface area (Å²) < 4.78 is 26.3. The first-order valence-corrected chi connectivity index (χ1v) is 5.99. The number of aliphatic carboxylic acids is 1. The third-order valence-corrected chi connectivity index (χ3v) is 2.91. The highest BCUT2D eigenvalue weighted by Crippen LogP contribution is 2.16. The van der Waals surface area contributed by atoms with Crippen molar-refractivity contribution >= 4 is 17.6 Å². The predicted molar refractivity (Wildman–Crippen MR) is 69.3 cm³/mol. The average Bonchev–Trinajstić information content (AvgIpc) is 2.39. The standard InChI is InChI=1S/C13H16F2N2O3/c1-8(17(2)6-5-12(18)19)13(20)16-11-7-9(14)3-4-10(11)15/h3-4,7-8H,5-6H2,1-2H3,(H,16,20)(H,18,19). The zero-order chi connectivity index (χ0) is 15.3. The van der Waals surface area contributed by atoms with Gasteiger partial charge in [-0.3, -0.25) is 14.5 Å². The monoisotopic (exact) mass is 286 g/mol. The van der Waals surface area contributed by atoms with E-state index in [4.69, 9.17) is 5.11 Å². The number of benzene rings is 1. The van der Waals surface area contributed by atoms with Crippen molar-refractivity contribution < 1.29 is 23.5 Å². The van der Waals surface area contributed by atoms with Crippen LogP contribution < -0.4 is 5.32 Å². The largest absolute Gasteiger partial charge is 0.481 e. The first-order valence-electron chi connectivity index (χ1n) is 5.99. The molecule has 0 aromatic heterocycles. The number of halogens is 2. The lowest BCUT2D eigenvalue weighted by molar-refractivity contribution is -0.137. The Labute approximate surface area is 115 Å². The maximum absolute atomic E-state index is 13.4. The van der Waals surface area contributed by atoms with Gasteiger partial charge in [0.25, 0.3) is 0 Å². The first-order chi connectivity index (χ1) is 9.31. The van der Waals surface area contributed by atoms with E-state index >= 15 is 0 Å². The Morgan fingerprint density at radius 2 is 2.05 bits per heavy atom. The van der Waals surface area contributed by atoms with Crippen LogP contribution in [-0.2, 0) is 9.59 Å². The fraction of sp³-hybridized carbons (Fsp3) is 0.385. The number of hydrogen-bond donors (Lipinski definition) is 2. The van der Waals surface area contributed by atoms with Gasteiger partial charge in [0.2, 0.25) is 5.91 Å². The molecule has 20 heavy (non-hydrogen) atoms. The molecule has 110 valence electrons. The lowest BCUT2D eigenvalue weighted by atomic mass is 10.2. The molecule has 7 heteroatoms. The zero-order valence-electron chi connectivity index (χ0n) is 11.2. The van der Waals surface area contributed by atoms with Gasteiger partial charge in [-0.15, -0.1) is 0 Å². The molecule has 0 aliphatic rings. The summed E-state index contributed by atoms with van der Waals surface area (Å²) in [7, 11) is 1.58. The molecule has 0 spiro atoms. The summed E-state index contributed by atoms with van der Waals surface area (Å²) in [6, 6.07) is 2.09. The molecule has 1 aromatic rings.